The minimum atomic E-state index is -3.92. The second-order valence-corrected chi connectivity index (χ2v) is 3.29. The Hall–Kier alpha value is 0.230. The number of allylic oxidation sites excluding steroid dienone is 1. The van der Waals surface area contributed by atoms with Gasteiger partial charge in [-0.25, -0.2) is 0 Å². The Bertz CT molecular complexity index is 150. The van der Waals surface area contributed by atoms with Crippen molar-refractivity contribution in [3.63, 3.8) is 0 Å². The fourth-order valence-corrected chi connectivity index (χ4v) is 0. The first kappa shape index (κ1) is 12.0. The van der Waals surface area contributed by atoms with Crippen LogP contribution in [-0.4, -0.2) is 8.42 Å². The molecule has 0 aliphatic carbocycles. The Labute approximate surface area is 64.0 Å². The van der Waals surface area contributed by atoms with Crippen molar-refractivity contribution in [3.8, 4) is 0 Å². The molecule has 9 heavy (non-hydrogen) atoms. The van der Waals surface area contributed by atoms with E-state index in [1.54, 1.807) is 6.08 Å². The van der Waals surface area contributed by atoms with Gasteiger partial charge in [0, 0.05) is 0 Å². The second kappa shape index (κ2) is 6.35. The summed E-state index contributed by atoms with van der Waals surface area (Å²) in [7, 11) is 0.411. The normalized spacial score (nSPS) is 9.22. The third-order valence-corrected chi connectivity index (χ3v) is 1.11. The molecule has 0 aromatic rings. The lowest BCUT2D eigenvalue weighted by Crippen LogP contribution is -1.82. The Morgan fingerprint density at radius 1 is 1.67 bits per heavy atom. The molecule has 0 rings (SSSR count). The monoisotopic (exact) mass is 192 g/mol. The zero-order valence-corrected chi connectivity index (χ0v) is 7.00. The molecule has 6 heteroatoms. The molecule has 0 spiro atoms. The molecule has 0 saturated carbocycles. The van der Waals surface area contributed by atoms with Gasteiger partial charge in [-0.1, -0.05) is 6.08 Å². The first-order valence-corrected chi connectivity index (χ1v) is 4.34. The summed E-state index contributed by atoms with van der Waals surface area (Å²) in [6, 6.07) is 0. The van der Waals surface area contributed by atoms with E-state index in [9.17, 15) is 8.42 Å². The van der Waals surface area contributed by atoms with E-state index in [-0.39, 0.29) is 0 Å². The van der Waals surface area contributed by atoms with Gasteiger partial charge in [-0.2, -0.15) is 8.42 Å². The molecular formula is C3H6Cl2O3S. The largest absolute Gasteiger partial charge is 0.371 e. The van der Waals surface area contributed by atoms with Crippen molar-refractivity contribution in [1.29, 1.82) is 0 Å². The van der Waals surface area contributed by atoms with Crippen LogP contribution in [0.5, 0.6) is 0 Å². The van der Waals surface area contributed by atoms with Crippen LogP contribution >= 0.6 is 22.5 Å². The highest BCUT2D eigenvalue weighted by molar-refractivity contribution is 8.10. The third-order valence-electron chi connectivity index (χ3n) is 0.0752. The fraction of sp³-hybridized carbons (Fsp3) is 0.333. The lowest BCUT2D eigenvalue weighted by Gasteiger charge is -1.75. The average molecular weight is 193 g/mol. The lowest BCUT2D eigenvalue weighted by molar-refractivity contribution is 0.527. The fourth-order valence-electron chi connectivity index (χ4n) is 0. The van der Waals surface area contributed by atoms with E-state index in [0.29, 0.717) is 0 Å². The first-order chi connectivity index (χ1) is 3.97. The van der Waals surface area contributed by atoms with Gasteiger partial charge in [0.05, 0.1) is 22.5 Å². The Morgan fingerprint density at radius 3 is 1.78 bits per heavy atom. The lowest BCUT2D eigenvalue weighted by atomic mass is 10.8. The summed E-state index contributed by atoms with van der Waals surface area (Å²) in [5.41, 5.74) is 0. The SMILES string of the molecule is C=CC.O=S(=O)(Cl)OCl. The van der Waals surface area contributed by atoms with Gasteiger partial charge in [0.25, 0.3) is 0 Å². The van der Waals surface area contributed by atoms with Gasteiger partial charge >= 0.3 is 9.33 Å². The van der Waals surface area contributed by atoms with Crippen LogP contribution in [0.4, 0.5) is 0 Å². The number of hydrogen-bond acceptors (Lipinski definition) is 3. The van der Waals surface area contributed by atoms with E-state index in [2.05, 4.69) is 32.9 Å². The number of hydrogen-bond donors (Lipinski definition) is 0. The van der Waals surface area contributed by atoms with Crippen molar-refractivity contribution in [1.82, 2.24) is 0 Å². The Morgan fingerprint density at radius 2 is 1.78 bits per heavy atom. The van der Waals surface area contributed by atoms with Gasteiger partial charge in [-0.05, 0) is 6.92 Å². The Balaban J connectivity index is 0. The molecule has 0 aromatic heterocycles. The van der Waals surface area contributed by atoms with E-state index in [1.165, 1.54) is 0 Å². The van der Waals surface area contributed by atoms with E-state index in [1.807, 2.05) is 6.92 Å². The molecule has 0 unspecified atom stereocenters. The van der Waals surface area contributed by atoms with Crippen LogP contribution in [0.3, 0.4) is 0 Å². The summed E-state index contributed by atoms with van der Waals surface area (Å²) in [5, 5.41) is 0. The standard InChI is InChI=1S/C3H6.Cl2O3S/c1-3-2;1-5-6(2,3)4/h3H,1H2,2H3;. The summed E-state index contributed by atoms with van der Waals surface area (Å²) < 4.78 is 22.0. The zero-order valence-electron chi connectivity index (χ0n) is 4.67. The summed E-state index contributed by atoms with van der Waals surface area (Å²) in [6.07, 6.45) is 1.75. The Kier molecular flexibility index (Phi) is 8.44. The average Bonchev–Trinajstić information content (AvgIpc) is 1.67. The maximum absolute atomic E-state index is 9.41. The molecule has 0 heterocycles. The second-order valence-electron chi connectivity index (χ2n) is 0.864. The highest BCUT2D eigenvalue weighted by Gasteiger charge is 1.98. The molecule has 0 bridgehead atoms. The van der Waals surface area contributed by atoms with Crippen LogP contribution in [0.1, 0.15) is 6.92 Å². The molecule has 0 aliphatic heterocycles. The van der Waals surface area contributed by atoms with Gasteiger partial charge < -0.3 is 0 Å². The molecule has 56 valence electrons. The van der Waals surface area contributed by atoms with Crippen LogP contribution in [0, 0.1) is 0 Å². The van der Waals surface area contributed by atoms with E-state index in [4.69, 9.17) is 0 Å². The van der Waals surface area contributed by atoms with Gasteiger partial charge in [0.2, 0.25) is 0 Å². The first-order valence-electron chi connectivity index (χ1n) is 1.79. The maximum Gasteiger partial charge on any atom is 0.371 e. The topological polar surface area (TPSA) is 43.4 Å². The van der Waals surface area contributed by atoms with Crippen LogP contribution < -0.4 is 0 Å². The molecular weight excluding hydrogens is 187 g/mol. The van der Waals surface area contributed by atoms with Crippen molar-refractivity contribution in [2.75, 3.05) is 0 Å². The van der Waals surface area contributed by atoms with Crippen LogP contribution in [0.15, 0.2) is 12.7 Å². The van der Waals surface area contributed by atoms with Gasteiger partial charge in [0.15, 0.2) is 0 Å². The smallest absolute Gasteiger partial charge is 0.180 e. The molecule has 0 aliphatic rings. The molecule has 0 N–H and O–H groups in total. The molecule has 3 nitrogen and oxygen atoms in total. The van der Waals surface area contributed by atoms with Gasteiger partial charge in [0.1, 0.15) is 0 Å². The van der Waals surface area contributed by atoms with Crippen LogP contribution in [0.25, 0.3) is 0 Å². The highest BCUT2D eigenvalue weighted by atomic mass is 35.7. The summed E-state index contributed by atoms with van der Waals surface area (Å²) in [4.78, 5) is 0. The van der Waals surface area contributed by atoms with Crippen molar-refractivity contribution in [2.24, 2.45) is 0 Å². The summed E-state index contributed by atoms with van der Waals surface area (Å²) >= 11 is 4.26. The predicted octanol–water partition coefficient (Wildman–Crippen LogP) is 1.83. The quantitative estimate of drug-likeness (QED) is 0.471. The zero-order chi connectivity index (χ0) is 7.91. The third kappa shape index (κ3) is 30.6. The van der Waals surface area contributed by atoms with Crippen LogP contribution in [-0.2, 0) is 13.1 Å². The summed E-state index contributed by atoms with van der Waals surface area (Å²) in [5.74, 6) is 0. The van der Waals surface area contributed by atoms with Crippen molar-refractivity contribution < 1.29 is 12.2 Å². The number of halogens is 2. The molecule has 0 saturated heterocycles. The predicted molar refractivity (Wildman–Crippen MR) is 37.6 cm³/mol. The van der Waals surface area contributed by atoms with Crippen molar-refractivity contribution in [2.45, 2.75) is 6.92 Å². The maximum atomic E-state index is 9.41. The van der Waals surface area contributed by atoms with E-state index in [0.717, 1.165) is 0 Å². The summed E-state index contributed by atoms with van der Waals surface area (Å²) in [6.45, 7) is 5.25. The van der Waals surface area contributed by atoms with E-state index < -0.39 is 9.33 Å². The molecule has 0 fully saturated rings. The number of rotatable bonds is 1. The van der Waals surface area contributed by atoms with Crippen molar-refractivity contribution >= 4 is 31.9 Å². The molecule has 0 aromatic carbocycles. The van der Waals surface area contributed by atoms with Gasteiger partial charge in [-0.3, -0.25) is 0 Å². The van der Waals surface area contributed by atoms with Crippen molar-refractivity contribution in [3.05, 3.63) is 12.7 Å². The molecule has 0 atom stereocenters. The van der Waals surface area contributed by atoms with Crippen LogP contribution in [0.2, 0.25) is 0 Å². The molecule has 0 radical (unpaired) electrons. The minimum Gasteiger partial charge on any atom is -0.180 e. The van der Waals surface area contributed by atoms with E-state index >= 15 is 0 Å². The minimum absolute atomic E-state index is 1.75. The van der Waals surface area contributed by atoms with Gasteiger partial charge in [-0.15, -0.1) is 10.3 Å². The highest BCUT2D eigenvalue weighted by Crippen LogP contribution is 1.99. The molecule has 0 amide bonds.